The fourth-order valence-electron chi connectivity index (χ4n) is 1.27. The van der Waals surface area contributed by atoms with Crippen molar-refractivity contribution in [3.8, 4) is 0 Å². The minimum absolute atomic E-state index is 0.117. The Morgan fingerprint density at radius 2 is 2.39 bits per heavy atom. The number of carbonyl (C=O) groups excluding carboxylic acids is 1. The minimum Gasteiger partial charge on any atom is -0.450 e. The molecule has 0 saturated heterocycles. The van der Waals surface area contributed by atoms with Gasteiger partial charge in [-0.25, -0.2) is 0 Å². The molecule has 1 heterocycles. The molecule has 0 spiro atoms. The first kappa shape index (κ1) is 14.9. The summed E-state index contributed by atoms with van der Waals surface area (Å²) in [5, 5.41) is 12.3. The van der Waals surface area contributed by atoms with Crippen molar-refractivity contribution in [3.05, 3.63) is 28.6 Å². The van der Waals surface area contributed by atoms with Gasteiger partial charge in [0.2, 0.25) is 5.91 Å². The molecule has 1 amide bonds. The monoisotopic (exact) mass is 317 g/mol. The fourth-order valence-corrected chi connectivity index (χ4v) is 1.59. The number of hydrogen-bond donors (Lipinski definition) is 2. The molecule has 0 aliphatic rings. The summed E-state index contributed by atoms with van der Waals surface area (Å²) in [5.74, 6) is 0.263. The van der Waals surface area contributed by atoms with Gasteiger partial charge < -0.3 is 19.6 Å². The lowest BCUT2D eigenvalue weighted by Crippen LogP contribution is -2.43. The van der Waals surface area contributed by atoms with Crippen LogP contribution in [0.25, 0.3) is 6.08 Å². The lowest BCUT2D eigenvalue weighted by Gasteiger charge is -2.21. The molecule has 0 aliphatic heterocycles. The van der Waals surface area contributed by atoms with Gasteiger partial charge in [0.15, 0.2) is 4.67 Å². The van der Waals surface area contributed by atoms with Crippen molar-refractivity contribution in [2.75, 3.05) is 20.3 Å². The van der Waals surface area contributed by atoms with Gasteiger partial charge in [0, 0.05) is 19.7 Å². The third-order valence-electron chi connectivity index (χ3n) is 2.09. The number of furan rings is 1. The Balaban J connectivity index is 2.40. The second kappa shape index (κ2) is 6.72. The van der Waals surface area contributed by atoms with Crippen molar-refractivity contribution in [1.29, 1.82) is 0 Å². The Morgan fingerprint density at radius 1 is 1.67 bits per heavy atom. The largest absolute Gasteiger partial charge is 0.450 e. The molecule has 1 rings (SSSR count). The highest BCUT2D eigenvalue weighted by atomic mass is 79.9. The van der Waals surface area contributed by atoms with Crippen molar-refractivity contribution in [3.63, 3.8) is 0 Å². The van der Waals surface area contributed by atoms with Crippen molar-refractivity contribution >= 4 is 27.9 Å². The van der Waals surface area contributed by atoms with Crippen LogP contribution in [0, 0.1) is 0 Å². The van der Waals surface area contributed by atoms with Gasteiger partial charge in [-0.1, -0.05) is 0 Å². The Labute approximate surface area is 114 Å². The number of amides is 1. The van der Waals surface area contributed by atoms with E-state index in [2.05, 4.69) is 21.2 Å². The van der Waals surface area contributed by atoms with Crippen LogP contribution in [0.1, 0.15) is 12.7 Å². The van der Waals surface area contributed by atoms with E-state index in [1.165, 1.54) is 13.2 Å². The predicted octanol–water partition coefficient (Wildman–Crippen LogP) is 1.57. The Kier molecular flexibility index (Phi) is 5.58. The summed E-state index contributed by atoms with van der Waals surface area (Å²) in [6.07, 6.45) is 2.89. The van der Waals surface area contributed by atoms with Gasteiger partial charge in [0.1, 0.15) is 11.4 Å². The quantitative estimate of drug-likeness (QED) is 0.781. The second-order valence-corrected chi connectivity index (χ2v) is 4.90. The number of halogens is 1. The topological polar surface area (TPSA) is 71.7 Å². The smallest absolute Gasteiger partial charge is 0.244 e. The van der Waals surface area contributed by atoms with E-state index in [1.54, 1.807) is 25.1 Å². The van der Waals surface area contributed by atoms with Crippen molar-refractivity contribution < 1.29 is 19.1 Å². The number of nitrogens with one attached hydrogen (secondary N) is 1. The zero-order valence-electron chi connectivity index (χ0n) is 10.3. The molecule has 0 fully saturated rings. The summed E-state index contributed by atoms with van der Waals surface area (Å²) >= 11 is 3.17. The number of rotatable bonds is 6. The van der Waals surface area contributed by atoms with E-state index in [-0.39, 0.29) is 19.1 Å². The molecule has 1 aromatic heterocycles. The lowest BCUT2D eigenvalue weighted by molar-refractivity contribution is -0.118. The molecular formula is C12H16BrNO4. The van der Waals surface area contributed by atoms with Gasteiger partial charge in [-0.2, -0.15) is 0 Å². The molecule has 5 nitrogen and oxygen atoms in total. The Bertz CT molecular complexity index is 425. The van der Waals surface area contributed by atoms with Crippen LogP contribution in [-0.4, -0.2) is 36.9 Å². The first-order valence-electron chi connectivity index (χ1n) is 5.35. The van der Waals surface area contributed by atoms with Crippen molar-refractivity contribution in [2.45, 2.75) is 12.5 Å². The number of methoxy groups -OCH3 is 1. The minimum atomic E-state index is -1.08. The Morgan fingerprint density at radius 3 is 2.94 bits per heavy atom. The molecule has 1 aromatic rings. The average Bonchev–Trinajstić information content (AvgIpc) is 2.70. The van der Waals surface area contributed by atoms with E-state index in [1.807, 2.05) is 0 Å². The molecule has 100 valence electrons. The van der Waals surface area contributed by atoms with E-state index in [9.17, 15) is 9.90 Å². The summed E-state index contributed by atoms with van der Waals surface area (Å²) in [6.45, 7) is 1.86. The predicted molar refractivity (Wildman–Crippen MR) is 71.0 cm³/mol. The molecule has 6 heteroatoms. The van der Waals surface area contributed by atoms with Crippen LogP contribution in [-0.2, 0) is 9.53 Å². The first-order chi connectivity index (χ1) is 8.43. The van der Waals surface area contributed by atoms with Gasteiger partial charge in [-0.15, -0.1) is 0 Å². The first-order valence-corrected chi connectivity index (χ1v) is 6.15. The molecule has 18 heavy (non-hydrogen) atoms. The third kappa shape index (κ3) is 5.48. The highest BCUT2D eigenvalue weighted by Crippen LogP contribution is 2.14. The van der Waals surface area contributed by atoms with Crippen molar-refractivity contribution in [2.24, 2.45) is 0 Å². The van der Waals surface area contributed by atoms with Gasteiger partial charge >= 0.3 is 0 Å². The van der Waals surface area contributed by atoms with Gasteiger partial charge in [0.25, 0.3) is 0 Å². The fraction of sp³-hybridized carbons (Fsp3) is 0.417. The molecule has 1 unspecified atom stereocenters. The molecule has 0 aliphatic carbocycles. The maximum Gasteiger partial charge on any atom is 0.244 e. The highest BCUT2D eigenvalue weighted by Gasteiger charge is 2.20. The maximum atomic E-state index is 11.5. The summed E-state index contributed by atoms with van der Waals surface area (Å²) < 4.78 is 10.6. The SMILES string of the molecule is COCC(C)(O)CNC(=O)/C=C/c1ccc(Br)o1. The van der Waals surface area contributed by atoms with Crippen LogP contribution < -0.4 is 5.32 Å². The molecule has 0 aromatic carbocycles. The second-order valence-electron chi connectivity index (χ2n) is 4.12. The number of aliphatic hydroxyl groups is 1. The Hall–Kier alpha value is -1.11. The van der Waals surface area contributed by atoms with Gasteiger partial charge in [-0.3, -0.25) is 4.79 Å². The number of carbonyl (C=O) groups is 1. The van der Waals surface area contributed by atoms with E-state index in [0.29, 0.717) is 10.4 Å². The lowest BCUT2D eigenvalue weighted by atomic mass is 10.1. The van der Waals surface area contributed by atoms with Crippen LogP contribution in [0.5, 0.6) is 0 Å². The summed E-state index contributed by atoms with van der Waals surface area (Å²) in [5.41, 5.74) is -1.08. The van der Waals surface area contributed by atoms with Crippen LogP contribution in [0.4, 0.5) is 0 Å². The van der Waals surface area contributed by atoms with Crippen LogP contribution >= 0.6 is 15.9 Å². The zero-order valence-corrected chi connectivity index (χ0v) is 11.9. The van der Waals surface area contributed by atoms with Gasteiger partial charge in [-0.05, 0) is 41.1 Å². The zero-order chi connectivity index (χ0) is 13.6. The molecule has 0 bridgehead atoms. The summed E-state index contributed by atoms with van der Waals surface area (Å²) in [4.78, 5) is 11.5. The molecule has 0 radical (unpaired) electrons. The van der Waals surface area contributed by atoms with E-state index in [0.717, 1.165) is 0 Å². The van der Waals surface area contributed by atoms with E-state index >= 15 is 0 Å². The average molecular weight is 318 g/mol. The third-order valence-corrected chi connectivity index (χ3v) is 2.52. The normalized spacial score (nSPS) is 14.7. The van der Waals surface area contributed by atoms with Crippen LogP contribution in [0.2, 0.25) is 0 Å². The molecule has 1 atom stereocenters. The van der Waals surface area contributed by atoms with Crippen molar-refractivity contribution in [1.82, 2.24) is 5.32 Å². The van der Waals surface area contributed by atoms with Crippen LogP contribution in [0.15, 0.2) is 27.3 Å². The summed E-state index contributed by atoms with van der Waals surface area (Å²) in [7, 11) is 1.49. The molecule has 0 saturated carbocycles. The van der Waals surface area contributed by atoms with Gasteiger partial charge in [0.05, 0.1) is 6.61 Å². The number of hydrogen-bond acceptors (Lipinski definition) is 4. The standard InChI is InChI=1S/C12H16BrNO4/c1-12(16,8-17-2)7-14-11(15)6-4-9-3-5-10(13)18-9/h3-6,16H,7-8H2,1-2H3,(H,14,15)/b6-4+. The van der Waals surface area contributed by atoms with Crippen LogP contribution in [0.3, 0.4) is 0 Å². The van der Waals surface area contributed by atoms with E-state index in [4.69, 9.17) is 9.15 Å². The highest BCUT2D eigenvalue weighted by molar-refractivity contribution is 9.10. The maximum absolute atomic E-state index is 11.5. The molecular weight excluding hydrogens is 302 g/mol. The van der Waals surface area contributed by atoms with E-state index < -0.39 is 5.60 Å². The summed E-state index contributed by atoms with van der Waals surface area (Å²) in [6, 6.07) is 3.47. The number of ether oxygens (including phenoxy) is 1. The molecule has 2 N–H and O–H groups in total.